The van der Waals surface area contributed by atoms with Crippen LogP contribution in [0.1, 0.15) is 24.8 Å². The maximum absolute atomic E-state index is 13.4. The maximum atomic E-state index is 13.4. The van der Waals surface area contributed by atoms with Gasteiger partial charge in [-0.15, -0.1) is 0 Å². The predicted molar refractivity (Wildman–Crippen MR) is 117 cm³/mol. The predicted octanol–water partition coefficient (Wildman–Crippen LogP) is 0.765. The number of nitrogens with zero attached hydrogens (tertiary/aromatic N) is 2. The number of methoxy groups -OCH3 is 1. The van der Waals surface area contributed by atoms with Gasteiger partial charge in [0, 0.05) is 13.1 Å². The van der Waals surface area contributed by atoms with Crippen LogP contribution < -0.4 is 10.1 Å². The molecule has 0 radical (unpaired) electrons. The molecule has 0 aromatic heterocycles. The van der Waals surface area contributed by atoms with Crippen molar-refractivity contribution in [1.29, 1.82) is 0 Å². The molecule has 3 saturated heterocycles. The van der Waals surface area contributed by atoms with Gasteiger partial charge in [-0.1, -0.05) is 12.1 Å². The van der Waals surface area contributed by atoms with Crippen molar-refractivity contribution >= 4 is 18.3 Å². The number of carbonyl (C=O) groups is 3. The third-order valence-corrected chi connectivity index (χ3v) is 6.37. The van der Waals surface area contributed by atoms with E-state index in [1.165, 1.54) is 0 Å². The lowest BCUT2D eigenvalue weighted by molar-refractivity contribution is -0.154. The van der Waals surface area contributed by atoms with Gasteiger partial charge in [0.25, 0.3) is 6.47 Å². The Bertz CT molecular complexity index is 824. The van der Waals surface area contributed by atoms with E-state index in [4.69, 9.17) is 19.4 Å². The first-order valence-corrected chi connectivity index (χ1v) is 10.9. The number of likely N-dealkylation sites (N-methyl/N-ethyl adjacent to an activating group) is 1. The summed E-state index contributed by atoms with van der Waals surface area (Å²) in [5.41, 5.74) is 0.444. The van der Waals surface area contributed by atoms with E-state index < -0.39 is 5.41 Å². The fraction of sp³-hybridized carbons (Fsp3) is 0.609. The molecule has 0 aliphatic carbocycles. The maximum Gasteiger partial charge on any atom is 0.290 e. The quantitative estimate of drug-likeness (QED) is 0.594. The number of rotatable bonds is 7. The molecule has 32 heavy (non-hydrogen) atoms. The Kier molecular flexibility index (Phi) is 7.73. The van der Waals surface area contributed by atoms with Crippen molar-refractivity contribution < 1.29 is 29.0 Å². The number of fused-ring (bicyclic) bond motifs is 2. The first-order chi connectivity index (χ1) is 15.3. The number of ether oxygens (including phenoxy) is 2. The lowest BCUT2D eigenvalue weighted by Gasteiger charge is -2.49. The Labute approximate surface area is 188 Å². The molecule has 4 rings (SSSR count). The highest BCUT2D eigenvalue weighted by molar-refractivity contribution is 5.89. The van der Waals surface area contributed by atoms with Gasteiger partial charge >= 0.3 is 0 Å². The molecular formula is C23H33N3O6. The van der Waals surface area contributed by atoms with Gasteiger partial charge in [0.2, 0.25) is 11.8 Å². The topological polar surface area (TPSA) is 108 Å². The molecule has 9 heteroatoms. The van der Waals surface area contributed by atoms with Crippen molar-refractivity contribution in [2.75, 3.05) is 40.8 Å². The molecule has 3 atom stereocenters. The number of nitrogens with one attached hydrogen (secondary N) is 1. The van der Waals surface area contributed by atoms with Crippen LogP contribution in [0.4, 0.5) is 0 Å². The number of carboxylic acid groups (broad SMARTS) is 1. The molecule has 3 aliphatic rings. The van der Waals surface area contributed by atoms with Crippen LogP contribution >= 0.6 is 0 Å². The second-order valence-corrected chi connectivity index (χ2v) is 9.09. The van der Waals surface area contributed by atoms with Gasteiger partial charge in [-0.25, -0.2) is 0 Å². The van der Waals surface area contributed by atoms with E-state index in [1.807, 2.05) is 43.3 Å². The summed E-state index contributed by atoms with van der Waals surface area (Å²) >= 11 is 0. The van der Waals surface area contributed by atoms with E-state index in [-0.39, 0.29) is 30.4 Å². The molecule has 2 N–H and O–H groups in total. The second kappa shape index (κ2) is 10.3. The zero-order valence-electron chi connectivity index (χ0n) is 19.0. The van der Waals surface area contributed by atoms with Gasteiger partial charge in [0.05, 0.1) is 37.3 Å². The summed E-state index contributed by atoms with van der Waals surface area (Å²) in [6.45, 7) is 1.01. The van der Waals surface area contributed by atoms with E-state index >= 15 is 0 Å². The molecule has 2 amide bonds. The van der Waals surface area contributed by atoms with E-state index in [9.17, 15) is 9.59 Å². The molecule has 1 aromatic carbocycles. The molecule has 3 aliphatic heterocycles. The highest BCUT2D eigenvalue weighted by atomic mass is 16.5. The summed E-state index contributed by atoms with van der Waals surface area (Å²) in [7, 11) is 5.40. The normalized spacial score (nSPS) is 24.9. The van der Waals surface area contributed by atoms with Crippen LogP contribution in [0.3, 0.4) is 0 Å². The van der Waals surface area contributed by atoms with Crippen molar-refractivity contribution in [3.63, 3.8) is 0 Å². The Morgan fingerprint density at radius 2 is 2.06 bits per heavy atom. The summed E-state index contributed by atoms with van der Waals surface area (Å²) in [5.74, 6) is 0.877. The molecular weight excluding hydrogens is 414 g/mol. The minimum absolute atomic E-state index is 0.0374. The Morgan fingerprint density at radius 3 is 2.62 bits per heavy atom. The van der Waals surface area contributed by atoms with Crippen molar-refractivity contribution in [2.24, 2.45) is 5.41 Å². The van der Waals surface area contributed by atoms with Crippen molar-refractivity contribution in [2.45, 2.75) is 43.9 Å². The number of carbonyl (C=O) groups excluding carboxylic acids is 2. The Balaban J connectivity index is 0.000000913. The minimum atomic E-state index is -0.601. The monoisotopic (exact) mass is 447 g/mol. The number of hydrogen-bond acceptors (Lipinski definition) is 6. The van der Waals surface area contributed by atoms with Crippen LogP contribution in [0.5, 0.6) is 5.75 Å². The van der Waals surface area contributed by atoms with E-state index in [0.717, 1.165) is 30.6 Å². The van der Waals surface area contributed by atoms with Crippen LogP contribution in [0, 0.1) is 5.41 Å². The van der Waals surface area contributed by atoms with Gasteiger partial charge in [0.15, 0.2) is 0 Å². The molecule has 2 bridgehead atoms. The van der Waals surface area contributed by atoms with Crippen LogP contribution in [0.2, 0.25) is 0 Å². The summed E-state index contributed by atoms with van der Waals surface area (Å²) in [5, 5.41) is 10.1. The van der Waals surface area contributed by atoms with Crippen LogP contribution in [0.25, 0.3) is 0 Å². The summed E-state index contributed by atoms with van der Waals surface area (Å²) in [4.78, 5) is 37.9. The fourth-order valence-electron chi connectivity index (χ4n) is 4.85. The molecule has 0 saturated carbocycles. The SMILES string of the molecule is COc1cccc(CC2(C(=O)N[C@@H]3C[C@@H]4CC[C@H]3O4)CN(C(=O)CN(C)C)C2)c1.O=CO. The van der Waals surface area contributed by atoms with E-state index in [2.05, 4.69) is 5.32 Å². The third-order valence-electron chi connectivity index (χ3n) is 6.37. The van der Waals surface area contributed by atoms with Crippen molar-refractivity contribution in [3.05, 3.63) is 29.8 Å². The third kappa shape index (κ3) is 5.39. The molecule has 0 unspecified atom stereocenters. The molecule has 0 spiro atoms. The molecule has 176 valence electrons. The fourth-order valence-corrected chi connectivity index (χ4v) is 4.85. The van der Waals surface area contributed by atoms with Gasteiger partial charge < -0.3 is 29.7 Å². The first kappa shape index (κ1) is 24.0. The summed E-state index contributed by atoms with van der Waals surface area (Å²) in [6, 6.07) is 7.92. The van der Waals surface area contributed by atoms with E-state index in [1.54, 1.807) is 12.0 Å². The highest BCUT2D eigenvalue weighted by Gasteiger charge is 2.52. The number of hydrogen-bond donors (Lipinski definition) is 2. The van der Waals surface area contributed by atoms with Crippen LogP contribution in [-0.4, -0.2) is 92.3 Å². The van der Waals surface area contributed by atoms with Crippen molar-refractivity contribution in [1.82, 2.24) is 15.1 Å². The number of benzene rings is 1. The van der Waals surface area contributed by atoms with Gasteiger partial charge in [0.1, 0.15) is 5.75 Å². The van der Waals surface area contributed by atoms with Gasteiger partial charge in [-0.3, -0.25) is 14.4 Å². The average Bonchev–Trinajstić information content (AvgIpc) is 3.33. The highest BCUT2D eigenvalue weighted by Crippen LogP contribution is 2.38. The van der Waals surface area contributed by atoms with E-state index in [0.29, 0.717) is 32.2 Å². The summed E-state index contributed by atoms with van der Waals surface area (Å²) < 4.78 is 11.2. The lowest BCUT2D eigenvalue weighted by Crippen LogP contribution is -2.67. The largest absolute Gasteiger partial charge is 0.497 e. The molecule has 9 nitrogen and oxygen atoms in total. The second-order valence-electron chi connectivity index (χ2n) is 9.09. The smallest absolute Gasteiger partial charge is 0.290 e. The molecule has 3 heterocycles. The average molecular weight is 448 g/mol. The van der Waals surface area contributed by atoms with Crippen LogP contribution in [-0.2, 0) is 25.5 Å². The lowest BCUT2D eigenvalue weighted by atomic mass is 9.73. The molecule has 1 aromatic rings. The number of amides is 2. The standard InChI is InChI=1S/C22H31N3O4.CH2O2/c1-24(2)12-20(26)25-13-22(14-25,11-15-5-4-6-16(9-15)28-3)21(27)23-18-10-17-7-8-19(18)29-17;2-1-3/h4-6,9,17-19H,7-8,10-14H2,1-3H3,(H,23,27);1H,(H,2,3)/t17-,18+,19+;/m0./s1. The molecule has 3 fully saturated rings. The minimum Gasteiger partial charge on any atom is -0.497 e. The Hall–Kier alpha value is -2.65. The van der Waals surface area contributed by atoms with Gasteiger partial charge in [-0.05, 0) is 57.5 Å². The van der Waals surface area contributed by atoms with Gasteiger partial charge in [-0.2, -0.15) is 0 Å². The zero-order chi connectivity index (χ0) is 23.3. The zero-order valence-corrected chi connectivity index (χ0v) is 19.0. The van der Waals surface area contributed by atoms with Crippen molar-refractivity contribution in [3.8, 4) is 5.75 Å². The van der Waals surface area contributed by atoms with Crippen LogP contribution in [0.15, 0.2) is 24.3 Å². The Morgan fingerprint density at radius 1 is 1.34 bits per heavy atom. The number of likely N-dealkylation sites (tertiary alicyclic amines) is 1. The summed E-state index contributed by atoms with van der Waals surface area (Å²) in [6.07, 6.45) is 4.03. The first-order valence-electron chi connectivity index (χ1n) is 10.9.